The molecule has 0 aromatic heterocycles. The summed E-state index contributed by atoms with van der Waals surface area (Å²) >= 11 is 0. The van der Waals surface area contributed by atoms with Gasteiger partial charge in [-0.15, -0.1) is 0 Å². The second-order valence-electron chi connectivity index (χ2n) is 11.7. The zero-order chi connectivity index (χ0) is 25.3. The van der Waals surface area contributed by atoms with Crippen LogP contribution in [-0.4, -0.2) is 5.11 Å². The molecule has 0 aliphatic heterocycles. The largest absolute Gasteiger partial charge is 0.508 e. The third kappa shape index (κ3) is 5.28. The molecule has 2 saturated carbocycles. The Balaban J connectivity index is 1.59. The van der Waals surface area contributed by atoms with Crippen molar-refractivity contribution in [3.8, 4) is 11.5 Å². The first kappa shape index (κ1) is 24.4. The molecule has 2 fully saturated rings. The Bertz CT molecular complexity index is 1230. The van der Waals surface area contributed by atoms with Gasteiger partial charge in [0.1, 0.15) is 17.3 Å². The fraction of sp³-hybridized carbons (Fsp3) is 0.353. The van der Waals surface area contributed by atoms with Crippen LogP contribution in [0.15, 0.2) is 91.2 Å². The third-order valence-electron chi connectivity index (χ3n) is 8.15. The van der Waals surface area contributed by atoms with Crippen LogP contribution in [0.25, 0.3) is 11.1 Å². The molecule has 3 atom stereocenters. The number of hydrogen-bond donors (Lipinski definition) is 1. The van der Waals surface area contributed by atoms with Gasteiger partial charge in [0.05, 0.1) is 0 Å². The van der Waals surface area contributed by atoms with Gasteiger partial charge in [-0.25, -0.2) is 0 Å². The highest BCUT2D eigenvalue weighted by molar-refractivity contribution is 5.98. The molecular formula is C34H38O2. The van der Waals surface area contributed by atoms with Crippen LogP contribution in [0.2, 0.25) is 0 Å². The van der Waals surface area contributed by atoms with Gasteiger partial charge in [-0.3, -0.25) is 0 Å². The fourth-order valence-electron chi connectivity index (χ4n) is 6.02. The minimum Gasteiger partial charge on any atom is -0.508 e. The molecule has 0 heterocycles. The Morgan fingerprint density at radius 1 is 0.833 bits per heavy atom. The molecule has 3 aromatic rings. The van der Waals surface area contributed by atoms with Crippen LogP contribution >= 0.6 is 0 Å². The predicted molar refractivity (Wildman–Crippen MR) is 150 cm³/mol. The minimum atomic E-state index is -0.114. The van der Waals surface area contributed by atoms with Gasteiger partial charge in [0.2, 0.25) is 0 Å². The first-order valence-electron chi connectivity index (χ1n) is 13.3. The summed E-state index contributed by atoms with van der Waals surface area (Å²) in [6.07, 6.45) is 6.64. The SMILES string of the molecule is C=C(Oc1ccc(/C(=C(/CC2CC3CCC2C3)c2ccccc2)c2ccc(O)cc2)cc1)C(C)(C)C. The lowest BCUT2D eigenvalue weighted by molar-refractivity contribution is 0.296. The summed E-state index contributed by atoms with van der Waals surface area (Å²) in [5.41, 5.74) is 6.09. The molecule has 2 bridgehead atoms. The average Bonchev–Trinajstić information content (AvgIpc) is 3.49. The summed E-state index contributed by atoms with van der Waals surface area (Å²) < 4.78 is 6.08. The van der Waals surface area contributed by atoms with E-state index < -0.39 is 0 Å². The van der Waals surface area contributed by atoms with E-state index in [2.05, 4.69) is 69.8 Å². The summed E-state index contributed by atoms with van der Waals surface area (Å²) in [6.45, 7) is 10.4. The molecule has 2 aliphatic carbocycles. The van der Waals surface area contributed by atoms with E-state index in [0.29, 0.717) is 0 Å². The summed E-state index contributed by atoms with van der Waals surface area (Å²) in [5, 5.41) is 10.0. The van der Waals surface area contributed by atoms with E-state index in [1.807, 2.05) is 24.3 Å². The van der Waals surface area contributed by atoms with E-state index in [-0.39, 0.29) is 11.2 Å². The zero-order valence-electron chi connectivity index (χ0n) is 21.8. The Hall–Kier alpha value is -3.26. The van der Waals surface area contributed by atoms with E-state index >= 15 is 0 Å². The van der Waals surface area contributed by atoms with Crippen molar-refractivity contribution in [2.24, 2.45) is 23.2 Å². The maximum absolute atomic E-state index is 10.0. The molecule has 0 spiro atoms. The van der Waals surface area contributed by atoms with E-state index in [1.54, 1.807) is 12.1 Å². The van der Waals surface area contributed by atoms with E-state index in [9.17, 15) is 5.11 Å². The second kappa shape index (κ2) is 10.0. The predicted octanol–water partition coefficient (Wildman–Crippen LogP) is 9.12. The van der Waals surface area contributed by atoms with Gasteiger partial charge in [-0.05, 0) is 95.5 Å². The summed E-state index contributed by atoms with van der Waals surface area (Å²) in [5.74, 6) is 4.36. The van der Waals surface area contributed by atoms with Crippen LogP contribution in [0, 0.1) is 23.2 Å². The Kier molecular flexibility index (Phi) is 6.79. The van der Waals surface area contributed by atoms with Gasteiger partial charge < -0.3 is 9.84 Å². The molecule has 36 heavy (non-hydrogen) atoms. The Labute approximate surface area is 216 Å². The van der Waals surface area contributed by atoms with Crippen LogP contribution < -0.4 is 4.74 Å². The van der Waals surface area contributed by atoms with Crippen LogP contribution in [0.4, 0.5) is 0 Å². The molecule has 0 saturated heterocycles. The van der Waals surface area contributed by atoms with E-state index in [4.69, 9.17) is 4.74 Å². The van der Waals surface area contributed by atoms with Gasteiger partial charge in [0.15, 0.2) is 0 Å². The molecule has 2 aliphatic rings. The highest BCUT2D eigenvalue weighted by atomic mass is 16.5. The number of ether oxygens (including phenoxy) is 1. The van der Waals surface area contributed by atoms with Crippen molar-refractivity contribution in [2.75, 3.05) is 0 Å². The van der Waals surface area contributed by atoms with Crippen molar-refractivity contribution in [3.05, 3.63) is 108 Å². The monoisotopic (exact) mass is 478 g/mol. The zero-order valence-corrected chi connectivity index (χ0v) is 21.8. The maximum atomic E-state index is 10.0. The Morgan fingerprint density at radius 3 is 2.03 bits per heavy atom. The van der Waals surface area contributed by atoms with Crippen molar-refractivity contribution in [1.29, 1.82) is 0 Å². The average molecular weight is 479 g/mol. The molecule has 1 N–H and O–H groups in total. The normalized spacial score (nSPS) is 21.8. The van der Waals surface area contributed by atoms with Crippen LogP contribution in [0.1, 0.15) is 69.6 Å². The fourth-order valence-corrected chi connectivity index (χ4v) is 6.02. The highest BCUT2D eigenvalue weighted by Crippen LogP contribution is 2.52. The number of aromatic hydroxyl groups is 1. The molecule has 0 radical (unpaired) electrons. The molecule has 2 nitrogen and oxygen atoms in total. The molecule has 186 valence electrons. The van der Waals surface area contributed by atoms with E-state index in [0.717, 1.165) is 46.8 Å². The molecule has 0 amide bonds. The molecule has 5 rings (SSSR count). The van der Waals surface area contributed by atoms with Crippen LogP contribution in [-0.2, 0) is 0 Å². The van der Waals surface area contributed by atoms with Crippen molar-refractivity contribution in [3.63, 3.8) is 0 Å². The van der Waals surface area contributed by atoms with Gasteiger partial charge in [0.25, 0.3) is 0 Å². The molecule has 2 heteroatoms. The summed E-state index contributed by atoms with van der Waals surface area (Å²) in [6, 6.07) is 26.9. The number of benzene rings is 3. The number of rotatable bonds is 7. The number of fused-ring (bicyclic) bond motifs is 2. The lowest BCUT2D eigenvalue weighted by Crippen LogP contribution is -2.13. The number of phenols is 1. The lowest BCUT2D eigenvalue weighted by atomic mass is 9.79. The number of phenolic OH excluding ortho intramolecular Hbond substituents is 1. The van der Waals surface area contributed by atoms with Gasteiger partial charge in [-0.1, -0.05) is 88.4 Å². The van der Waals surface area contributed by atoms with Crippen molar-refractivity contribution in [1.82, 2.24) is 0 Å². The standard InChI is InChI=1S/C34H38O2/c1-23(34(2,3)4)36-31-18-14-27(15-19-31)33(26-12-16-30(35)17-13-26)32(25-8-6-5-7-9-25)22-29-21-24-10-11-28(29)20-24/h5-9,12-19,24,28-29,35H,1,10-11,20-22H2,2-4H3/b33-32-. The molecule has 3 unspecified atom stereocenters. The minimum absolute atomic E-state index is 0.114. The second-order valence-corrected chi connectivity index (χ2v) is 11.7. The first-order chi connectivity index (χ1) is 17.3. The first-order valence-corrected chi connectivity index (χ1v) is 13.3. The van der Waals surface area contributed by atoms with Crippen LogP contribution in [0.3, 0.4) is 0 Å². The topological polar surface area (TPSA) is 29.5 Å². The van der Waals surface area contributed by atoms with Crippen molar-refractivity contribution >= 4 is 11.1 Å². The summed E-state index contributed by atoms with van der Waals surface area (Å²) in [7, 11) is 0. The maximum Gasteiger partial charge on any atom is 0.126 e. The van der Waals surface area contributed by atoms with Gasteiger partial charge >= 0.3 is 0 Å². The summed E-state index contributed by atoms with van der Waals surface area (Å²) in [4.78, 5) is 0. The smallest absolute Gasteiger partial charge is 0.126 e. The van der Waals surface area contributed by atoms with Gasteiger partial charge in [-0.2, -0.15) is 0 Å². The third-order valence-corrected chi connectivity index (χ3v) is 8.15. The molecule has 3 aromatic carbocycles. The van der Waals surface area contributed by atoms with Gasteiger partial charge in [0, 0.05) is 5.41 Å². The van der Waals surface area contributed by atoms with Crippen molar-refractivity contribution in [2.45, 2.75) is 52.9 Å². The quantitative estimate of drug-likeness (QED) is 0.271. The lowest BCUT2D eigenvalue weighted by Gasteiger charge is -2.26. The highest BCUT2D eigenvalue weighted by Gasteiger charge is 2.40. The molecular weight excluding hydrogens is 440 g/mol. The Morgan fingerprint density at radius 2 is 1.47 bits per heavy atom. The van der Waals surface area contributed by atoms with Crippen molar-refractivity contribution < 1.29 is 9.84 Å². The number of hydrogen-bond acceptors (Lipinski definition) is 2. The van der Waals surface area contributed by atoms with E-state index in [1.165, 1.54) is 42.4 Å². The van der Waals surface area contributed by atoms with Crippen LogP contribution in [0.5, 0.6) is 11.5 Å². The number of allylic oxidation sites excluding steroid dienone is 2.